The van der Waals surface area contributed by atoms with Crippen molar-refractivity contribution >= 4 is 29.3 Å². The summed E-state index contributed by atoms with van der Waals surface area (Å²) in [5.41, 5.74) is 3.32. The van der Waals surface area contributed by atoms with E-state index in [0.29, 0.717) is 11.7 Å². The molecule has 1 saturated carbocycles. The summed E-state index contributed by atoms with van der Waals surface area (Å²) >= 11 is 1.44. The van der Waals surface area contributed by atoms with Gasteiger partial charge in [-0.1, -0.05) is 31.2 Å². The first kappa shape index (κ1) is 16.1. The minimum absolute atomic E-state index is 0.0380. The molecule has 1 aliphatic heterocycles. The average molecular weight is 330 g/mol. The molecule has 2 N–H and O–H groups in total. The Labute approximate surface area is 141 Å². The van der Waals surface area contributed by atoms with Gasteiger partial charge in [0.05, 0.1) is 0 Å². The zero-order valence-electron chi connectivity index (χ0n) is 13.5. The second kappa shape index (κ2) is 6.79. The van der Waals surface area contributed by atoms with Crippen LogP contribution in [0.2, 0.25) is 0 Å². The third kappa shape index (κ3) is 3.78. The molecular weight excluding hydrogens is 308 g/mol. The number of amides is 2. The fourth-order valence-electron chi connectivity index (χ4n) is 2.71. The molecule has 1 heterocycles. The van der Waals surface area contributed by atoms with Gasteiger partial charge in [-0.15, -0.1) is 0 Å². The van der Waals surface area contributed by atoms with Crippen LogP contribution in [0.5, 0.6) is 0 Å². The van der Waals surface area contributed by atoms with Crippen molar-refractivity contribution in [3.63, 3.8) is 0 Å². The quantitative estimate of drug-likeness (QED) is 0.645. The van der Waals surface area contributed by atoms with Crippen molar-refractivity contribution in [1.29, 1.82) is 0 Å². The number of hydrogen-bond donors (Lipinski definition) is 2. The molecule has 0 radical (unpaired) electrons. The summed E-state index contributed by atoms with van der Waals surface area (Å²) in [7, 11) is 0. The van der Waals surface area contributed by atoms with Crippen LogP contribution < -0.4 is 10.0 Å². The number of benzene rings is 1. The lowest BCUT2D eigenvalue weighted by atomic mass is 9.89. The molecule has 0 spiro atoms. The van der Waals surface area contributed by atoms with E-state index in [1.54, 1.807) is 0 Å². The second-order valence-corrected chi connectivity index (χ2v) is 7.34. The molecule has 23 heavy (non-hydrogen) atoms. The third-order valence-electron chi connectivity index (χ3n) is 4.20. The summed E-state index contributed by atoms with van der Waals surface area (Å²) < 4.78 is 2.84. The summed E-state index contributed by atoms with van der Waals surface area (Å²) in [6, 6.07) is 8.19. The Morgan fingerprint density at radius 3 is 2.61 bits per heavy atom. The van der Waals surface area contributed by atoms with Gasteiger partial charge in [0.2, 0.25) is 0 Å². The molecule has 2 amide bonds. The molecule has 4 nitrogen and oxygen atoms in total. The number of rotatable bonds is 5. The molecule has 1 aliphatic carbocycles. The van der Waals surface area contributed by atoms with E-state index in [4.69, 9.17) is 0 Å². The molecule has 1 aromatic rings. The minimum Gasteiger partial charge on any atom is -0.349 e. The average Bonchev–Trinajstić information content (AvgIpc) is 3.36. The van der Waals surface area contributed by atoms with Crippen LogP contribution in [0.15, 0.2) is 29.8 Å². The van der Waals surface area contributed by atoms with Crippen molar-refractivity contribution in [2.24, 2.45) is 0 Å². The fraction of sp³-hybridized carbons (Fsp3) is 0.444. The van der Waals surface area contributed by atoms with Crippen molar-refractivity contribution in [1.82, 2.24) is 10.0 Å². The van der Waals surface area contributed by atoms with Crippen LogP contribution in [0, 0.1) is 0 Å². The van der Waals surface area contributed by atoms with Gasteiger partial charge in [0.15, 0.2) is 0 Å². The zero-order chi connectivity index (χ0) is 16.4. The van der Waals surface area contributed by atoms with Crippen molar-refractivity contribution in [2.75, 3.05) is 0 Å². The lowest BCUT2D eigenvalue weighted by Gasteiger charge is -2.25. The molecule has 1 unspecified atom stereocenters. The van der Waals surface area contributed by atoms with E-state index in [2.05, 4.69) is 29.1 Å². The number of nitrogens with one attached hydrogen (secondary N) is 2. The molecule has 0 aromatic heterocycles. The van der Waals surface area contributed by atoms with Gasteiger partial charge in [-0.2, -0.15) is 0 Å². The minimum atomic E-state index is -0.277. The summed E-state index contributed by atoms with van der Waals surface area (Å²) in [4.78, 5) is 24.9. The summed E-state index contributed by atoms with van der Waals surface area (Å²) in [6.45, 7) is 4.07. The van der Waals surface area contributed by atoms with Crippen molar-refractivity contribution in [2.45, 2.75) is 50.8 Å². The molecule has 5 heteroatoms. The van der Waals surface area contributed by atoms with Crippen LogP contribution in [0.4, 0.5) is 0 Å². The van der Waals surface area contributed by atoms with Gasteiger partial charge in [0, 0.05) is 11.3 Å². The van der Waals surface area contributed by atoms with E-state index in [0.717, 1.165) is 30.4 Å². The largest absolute Gasteiger partial charge is 0.349 e. The van der Waals surface area contributed by atoms with E-state index in [-0.39, 0.29) is 23.4 Å². The molecule has 122 valence electrons. The highest BCUT2D eigenvalue weighted by Crippen LogP contribution is 2.33. The Balaban J connectivity index is 1.91. The third-order valence-corrected chi connectivity index (χ3v) is 5.31. The first-order valence-electron chi connectivity index (χ1n) is 8.17. The maximum Gasteiger partial charge on any atom is 0.267 e. The summed E-state index contributed by atoms with van der Waals surface area (Å²) in [5, 5.41) is 3.38. The smallest absolute Gasteiger partial charge is 0.267 e. The molecule has 1 atom stereocenters. The fourth-order valence-corrected chi connectivity index (χ4v) is 3.46. The Hall–Kier alpha value is -1.75. The van der Waals surface area contributed by atoms with E-state index in [9.17, 15) is 9.59 Å². The molecular formula is C18H22N2O2S. The molecule has 1 aromatic carbocycles. The van der Waals surface area contributed by atoms with Crippen molar-refractivity contribution < 1.29 is 9.59 Å². The predicted octanol–water partition coefficient (Wildman–Crippen LogP) is 2.84. The first-order chi connectivity index (χ1) is 11.1. The highest BCUT2D eigenvalue weighted by atomic mass is 32.2. The topological polar surface area (TPSA) is 58.2 Å². The lowest BCUT2D eigenvalue weighted by Crippen LogP contribution is -2.42. The molecule has 0 saturated heterocycles. The van der Waals surface area contributed by atoms with Gasteiger partial charge in [-0.25, -0.2) is 0 Å². The Morgan fingerprint density at radius 2 is 2.00 bits per heavy atom. The van der Waals surface area contributed by atoms with Crippen LogP contribution in [0.3, 0.4) is 0 Å². The van der Waals surface area contributed by atoms with Gasteiger partial charge < -0.3 is 5.32 Å². The number of carbonyl (C=O) groups excluding carboxylic acids is 2. The van der Waals surface area contributed by atoms with E-state index >= 15 is 0 Å². The van der Waals surface area contributed by atoms with Gasteiger partial charge in [-0.05, 0) is 61.3 Å². The van der Waals surface area contributed by atoms with E-state index in [1.807, 2.05) is 19.1 Å². The maximum absolute atomic E-state index is 12.5. The Kier molecular flexibility index (Phi) is 4.76. The van der Waals surface area contributed by atoms with E-state index in [1.165, 1.54) is 17.5 Å². The van der Waals surface area contributed by atoms with Crippen LogP contribution >= 0.6 is 11.9 Å². The first-order valence-corrected chi connectivity index (χ1v) is 9.05. The molecule has 0 bridgehead atoms. The predicted molar refractivity (Wildman–Crippen MR) is 93.7 cm³/mol. The van der Waals surface area contributed by atoms with Crippen LogP contribution in [-0.4, -0.2) is 23.1 Å². The van der Waals surface area contributed by atoms with Crippen molar-refractivity contribution in [3.8, 4) is 0 Å². The Bertz CT molecular complexity index is 647. The van der Waals surface area contributed by atoms with E-state index < -0.39 is 0 Å². The van der Waals surface area contributed by atoms with Crippen molar-refractivity contribution in [3.05, 3.63) is 41.0 Å². The molecule has 2 aliphatic rings. The maximum atomic E-state index is 12.5. The van der Waals surface area contributed by atoms with Gasteiger partial charge in [-0.3, -0.25) is 14.3 Å². The van der Waals surface area contributed by atoms with Gasteiger partial charge in [0.25, 0.3) is 11.8 Å². The summed E-state index contributed by atoms with van der Waals surface area (Å²) in [5.74, 6) is -0.548. The zero-order valence-corrected chi connectivity index (χ0v) is 14.3. The normalized spacial score (nSPS) is 21.1. The van der Waals surface area contributed by atoms with Crippen LogP contribution in [-0.2, 0) is 16.0 Å². The number of hydrogen-bond acceptors (Lipinski definition) is 3. The van der Waals surface area contributed by atoms with Crippen LogP contribution in [0.1, 0.15) is 44.2 Å². The summed E-state index contributed by atoms with van der Waals surface area (Å²) in [6.07, 6.45) is 3.92. The standard InChI is InChI=1S/C18H22N2O2S/c1-3-12-4-6-13(7-5-12)15-10-11(2)19-17(21)16(15)18(22)20-23-14-8-9-14/h4-7,11,14H,3,8-10H2,1-2H3,(H,19,21)(H,20,22). The molecule has 1 fully saturated rings. The number of carbonyl (C=O) groups is 2. The Morgan fingerprint density at radius 1 is 1.30 bits per heavy atom. The van der Waals surface area contributed by atoms with Crippen LogP contribution in [0.25, 0.3) is 5.57 Å². The highest BCUT2D eigenvalue weighted by molar-refractivity contribution is 7.98. The lowest BCUT2D eigenvalue weighted by molar-refractivity contribution is -0.123. The monoisotopic (exact) mass is 330 g/mol. The molecule has 3 rings (SSSR count). The second-order valence-electron chi connectivity index (χ2n) is 6.23. The SMILES string of the molecule is CCc1ccc(C2=C(C(=O)NSC3CC3)C(=O)NC(C)C2)cc1. The number of aryl methyl sites for hydroxylation is 1. The van der Waals surface area contributed by atoms with Gasteiger partial charge >= 0.3 is 0 Å². The highest BCUT2D eigenvalue weighted by Gasteiger charge is 2.31. The van der Waals surface area contributed by atoms with Gasteiger partial charge in [0.1, 0.15) is 5.57 Å².